The topological polar surface area (TPSA) is 35.2 Å². The van der Waals surface area contributed by atoms with Gasteiger partial charge in [0.2, 0.25) is 0 Å². The summed E-state index contributed by atoms with van der Waals surface area (Å²) in [6.07, 6.45) is 0.848. The Kier molecular flexibility index (Phi) is 4.30. The molecule has 16 heavy (non-hydrogen) atoms. The number of rotatable bonds is 4. The van der Waals surface area contributed by atoms with Crippen LogP contribution in [-0.4, -0.2) is 13.2 Å². The van der Waals surface area contributed by atoms with Crippen LogP contribution in [0.5, 0.6) is 5.75 Å². The molecule has 3 heteroatoms. The Bertz CT molecular complexity index is 344. The van der Waals surface area contributed by atoms with Crippen LogP contribution >= 0.6 is 0 Å². The van der Waals surface area contributed by atoms with E-state index in [0.717, 1.165) is 12.0 Å². The van der Waals surface area contributed by atoms with Crippen molar-refractivity contribution in [2.75, 3.05) is 13.2 Å². The SMILES string of the molecule is CC(C)(C)Cc1ccc(OCCN)c(F)c1. The molecule has 0 saturated carbocycles. The Morgan fingerprint density at radius 1 is 1.31 bits per heavy atom. The maximum atomic E-state index is 13.6. The van der Waals surface area contributed by atoms with Crippen LogP contribution in [0.4, 0.5) is 4.39 Å². The lowest BCUT2D eigenvalue weighted by Gasteiger charge is -2.18. The maximum absolute atomic E-state index is 13.6. The van der Waals surface area contributed by atoms with Crippen LogP contribution in [-0.2, 0) is 6.42 Å². The van der Waals surface area contributed by atoms with E-state index >= 15 is 0 Å². The highest BCUT2D eigenvalue weighted by Crippen LogP contribution is 2.24. The number of halogens is 1. The molecule has 0 amide bonds. The fourth-order valence-electron chi connectivity index (χ4n) is 1.55. The molecular formula is C13H20FNO. The largest absolute Gasteiger partial charge is 0.489 e. The first-order valence-corrected chi connectivity index (χ1v) is 5.54. The molecule has 0 radical (unpaired) electrons. The van der Waals surface area contributed by atoms with E-state index in [1.165, 1.54) is 6.07 Å². The summed E-state index contributed by atoms with van der Waals surface area (Å²) in [5, 5.41) is 0. The molecule has 0 atom stereocenters. The first-order valence-electron chi connectivity index (χ1n) is 5.54. The van der Waals surface area contributed by atoms with E-state index in [0.29, 0.717) is 13.2 Å². The second kappa shape index (κ2) is 5.30. The third-order valence-corrected chi connectivity index (χ3v) is 2.11. The molecule has 0 bridgehead atoms. The summed E-state index contributed by atoms with van der Waals surface area (Å²) in [4.78, 5) is 0. The molecule has 90 valence electrons. The van der Waals surface area contributed by atoms with Gasteiger partial charge in [-0.1, -0.05) is 26.8 Å². The van der Waals surface area contributed by atoms with Crippen LogP contribution in [0, 0.1) is 11.2 Å². The molecular weight excluding hydrogens is 205 g/mol. The molecule has 0 aromatic heterocycles. The molecule has 2 nitrogen and oxygen atoms in total. The minimum atomic E-state index is -0.310. The second-order valence-electron chi connectivity index (χ2n) is 5.14. The average Bonchev–Trinajstić information content (AvgIpc) is 2.14. The van der Waals surface area contributed by atoms with Crippen molar-refractivity contribution in [3.63, 3.8) is 0 Å². The monoisotopic (exact) mass is 225 g/mol. The zero-order chi connectivity index (χ0) is 12.2. The highest BCUT2D eigenvalue weighted by molar-refractivity contribution is 5.29. The molecule has 1 aromatic rings. The van der Waals surface area contributed by atoms with Crippen molar-refractivity contribution in [3.8, 4) is 5.75 Å². The lowest BCUT2D eigenvalue weighted by molar-refractivity contribution is 0.310. The molecule has 0 aliphatic rings. The van der Waals surface area contributed by atoms with E-state index in [1.807, 2.05) is 6.07 Å². The van der Waals surface area contributed by atoms with Crippen molar-refractivity contribution in [2.24, 2.45) is 11.1 Å². The molecule has 0 saturated heterocycles. The second-order valence-corrected chi connectivity index (χ2v) is 5.14. The molecule has 1 rings (SSSR count). The number of hydrogen-bond acceptors (Lipinski definition) is 2. The molecule has 0 aliphatic heterocycles. The Hall–Kier alpha value is -1.09. The zero-order valence-corrected chi connectivity index (χ0v) is 10.2. The molecule has 2 N–H and O–H groups in total. The molecule has 0 spiro atoms. The van der Waals surface area contributed by atoms with Gasteiger partial charge in [0, 0.05) is 6.54 Å². The minimum absolute atomic E-state index is 0.159. The fourth-order valence-corrected chi connectivity index (χ4v) is 1.55. The summed E-state index contributed by atoms with van der Waals surface area (Å²) >= 11 is 0. The fraction of sp³-hybridized carbons (Fsp3) is 0.538. The summed E-state index contributed by atoms with van der Waals surface area (Å²) in [7, 11) is 0. The number of ether oxygens (including phenoxy) is 1. The number of nitrogens with two attached hydrogens (primary N) is 1. The van der Waals surface area contributed by atoms with Crippen molar-refractivity contribution in [2.45, 2.75) is 27.2 Å². The third-order valence-electron chi connectivity index (χ3n) is 2.11. The van der Waals surface area contributed by atoms with Crippen LogP contribution in [0.15, 0.2) is 18.2 Å². The first-order chi connectivity index (χ1) is 7.42. The van der Waals surface area contributed by atoms with E-state index < -0.39 is 0 Å². The van der Waals surface area contributed by atoms with Gasteiger partial charge in [-0.2, -0.15) is 0 Å². The predicted octanol–water partition coefficient (Wildman–Crippen LogP) is 2.75. The van der Waals surface area contributed by atoms with Crippen LogP contribution < -0.4 is 10.5 Å². The van der Waals surface area contributed by atoms with Gasteiger partial charge in [-0.25, -0.2) is 4.39 Å². The summed E-state index contributed by atoms with van der Waals surface area (Å²) in [5.74, 6) is -0.0293. The van der Waals surface area contributed by atoms with Gasteiger partial charge in [-0.15, -0.1) is 0 Å². The molecule has 0 unspecified atom stereocenters. The quantitative estimate of drug-likeness (QED) is 0.855. The smallest absolute Gasteiger partial charge is 0.165 e. The van der Waals surface area contributed by atoms with E-state index in [9.17, 15) is 4.39 Å². The van der Waals surface area contributed by atoms with E-state index in [4.69, 9.17) is 10.5 Å². The summed E-state index contributed by atoms with van der Waals surface area (Å²) < 4.78 is 18.8. The number of benzene rings is 1. The maximum Gasteiger partial charge on any atom is 0.165 e. The van der Waals surface area contributed by atoms with E-state index in [-0.39, 0.29) is 17.0 Å². The van der Waals surface area contributed by atoms with Gasteiger partial charge < -0.3 is 10.5 Å². The van der Waals surface area contributed by atoms with Crippen LogP contribution in [0.3, 0.4) is 0 Å². The standard InChI is InChI=1S/C13H20FNO/c1-13(2,3)9-10-4-5-12(11(14)8-10)16-7-6-15/h4-5,8H,6-7,9,15H2,1-3H3. The van der Waals surface area contributed by atoms with E-state index in [1.54, 1.807) is 6.07 Å². The first kappa shape index (κ1) is 13.0. The van der Waals surface area contributed by atoms with Crippen molar-refractivity contribution in [1.82, 2.24) is 0 Å². The van der Waals surface area contributed by atoms with Gasteiger partial charge >= 0.3 is 0 Å². The average molecular weight is 225 g/mol. The Labute approximate surface area is 96.6 Å². The van der Waals surface area contributed by atoms with Crippen LogP contribution in [0.2, 0.25) is 0 Å². The Balaban J connectivity index is 2.74. The van der Waals surface area contributed by atoms with Gasteiger partial charge in [0.05, 0.1) is 0 Å². The van der Waals surface area contributed by atoms with Crippen molar-refractivity contribution < 1.29 is 9.13 Å². The van der Waals surface area contributed by atoms with Gasteiger partial charge in [-0.3, -0.25) is 0 Å². The molecule has 1 aromatic carbocycles. The molecule has 0 heterocycles. The molecule has 0 aliphatic carbocycles. The lowest BCUT2D eigenvalue weighted by atomic mass is 9.88. The van der Waals surface area contributed by atoms with Crippen LogP contribution in [0.25, 0.3) is 0 Å². The van der Waals surface area contributed by atoms with Gasteiger partial charge in [0.1, 0.15) is 6.61 Å². The normalized spacial score (nSPS) is 11.6. The minimum Gasteiger partial charge on any atom is -0.489 e. The Morgan fingerprint density at radius 2 is 2.00 bits per heavy atom. The van der Waals surface area contributed by atoms with Crippen LogP contribution in [0.1, 0.15) is 26.3 Å². The van der Waals surface area contributed by atoms with Gasteiger partial charge in [0.25, 0.3) is 0 Å². The Morgan fingerprint density at radius 3 is 2.50 bits per heavy atom. The molecule has 0 fully saturated rings. The van der Waals surface area contributed by atoms with Gasteiger partial charge in [0.15, 0.2) is 11.6 Å². The van der Waals surface area contributed by atoms with Crippen molar-refractivity contribution in [1.29, 1.82) is 0 Å². The van der Waals surface area contributed by atoms with Crippen molar-refractivity contribution in [3.05, 3.63) is 29.6 Å². The predicted molar refractivity (Wildman–Crippen MR) is 64.1 cm³/mol. The van der Waals surface area contributed by atoms with Gasteiger partial charge in [-0.05, 0) is 29.5 Å². The summed E-state index contributed by atoms with van der Waals surface area (Å²) in [5.41, 5.74) is 6.44. The highest BCUT2D eigenvalue weighted by Gasteiger charge is 2.13. The number of hydrogen-bond donors (Lipinski definition) is 1. The lowest BCUT2D eigenvalue weighted by Crippen LogP contribution is -2.12. The third kappa shape index (κ3) is 4.19. The van der Waals surface area contributed by atoms with Crippen molar-refractivity contribution >= 4 is 0 Å². The van der Waals surface area contributed by atoms with E-state index in [2.05, 4.69) is 20.8 Å². The zero-order valence-electron chi connectivity index (χ0n) is 10.2. The summed E-state index contributed by atoms with van der Waals surface area (Å²) in [6.45, 7) is 7.12. The highest BCUT2D eigenvalue weighted by atomic mass is 19.1. The summed E-state index contributed by atoms with van der Waals surface area (Å²) in [6, 6.07) is 5.11.